The minimum absolute atomic E-state index is 0.244. The number of hydrogen-bond acceptors (Lipinski definition) is 5. The summed E-state index contributed by atoms with van der Waals surface area (Å²) >= 11 is 0. The van der Waals surface area contributed by atoms with Gasteiger partial charge >= 0.3 is 0 Å². The van der Waals surface area contributed by atoms with Crippen molar-refractivity contribution in [1.29, 1.82) is 0 Å². The lowest BCUT2D eigenvalue weighted by molar-refractivity contribution is 0.339. The Morgan fingerprint density at radius 2 is 1.88 bits per heavy atom. The molecule has 2 aromatic heterocycles. The molecule has 0 saturated heterocycles. The number of pyridine rings is 1. The Labute approximate surface area is 143 Å². The van der Waals surface area contributed by atoms with Gasteiger partial charge in [-0.25, -0.2) is 0 Å². The molecule has 0 aliphatic rings. The van der Waals surface area contributed by atoms with E-state index in [1.807, 2.05) is 55.5 Å². The summed E-state index contributed by atoms with van der Waals surface area (Å²) in [4.78, 5) is 19.6. The summed E-state index contributed by atoms with van der Waals surface area (Å²) in [6, 6.07) is 16.7. The molecule has 4 rings (SSSR count). The van der Waals surface area contributed by atoms with E-state index in [4.69, 9.17) is 9.26 Å². The quantitative estimate of drug-likeness (QED) is 0.616. The Balaban J connectivity index is 1.80. The second-order valence-electron chi connectivity index (χ2n) is 5.45. The Bertz CT molecular complexity index is 1100. The van der Waals surface area contributed by atoms with Crippen molar-refractivity contribution in [1.82, 2.24) is 15.1 Å². The molecule has 0 aliphatic heterocycles. The molecule has 4 aromatic rings. The van der Waals surface area contributed by atoms with Gasteiger partial charge in [-0.05, 0) is 36.6 Å². The first kappa shape index (κ1) is 15.1. The van der Waals surface area contributed by atoms with Crippen molar-refractivity contribution < 1.29 is 9.26 Å². The van der Waals surface area contributed by atoms with Gasteiger partial charge in [-0.15, -0.1) is 0 Å². The molecule has 0 unspecified atom stereocenters. The van der Waals surface area contributed by atoms with Crippen LogP contribution in [0.3, 0.4) is 0 Å². The summed E-state index contributed by atoms with van der Waals surface area (Å²) in [5.41, 5.74) is 1.56. The first-order chi connectivity index (χ1) is 12.3. The van der Waals surface area contributed by atoms with Gasteiger partial charge < -0.3 is 14.2 Å². The normalized spacial score (nSPS) is 10.9. The smallest absolute Gasteiger partial charge is 0.262 e. The molecule has 0 atom stereocenters. The number of H-pyrrole nitrogens is 1. The number of nitrogens with zero attached hydrogens (tertiary/aromatic N) is 2. The van der Waals surface area contributed by atoms with Crippen molar-refractivity contribution in [3.05, 3.63) is 65.0 Å². The molecule has 0 bridgehead atoms. The molecular weight excluding hydrogens is 318 g/mol. The van der Waals surface area contributed by atoms with Gasteiger partial charge in [-0.3, -0.25) is 4.79 Å². The lowest BCUT2D eigenvalue weighted by atomic mass is 10.1. The highest BCUT2D eigenvalue weighted by Gasteiger charge is 2.17. The zero-order valence-electron chi connectivity index (χ0n) is 13.5. The lowest BCUT2D eigenvalue weighted by Crippen LogP contribution is -2.09. The Hall–Kier alpha value is -3.41. The number of aromatic amines is 1. The number of rotatable bonds is 4. The standard InChI is InChI=1S/C19H15N3O3/c1-2-24-16-10-6-4-8-13(16)19-21-17(22-25-19)14-11-12-7-3-5-9-15(12)20-18(14)23/h3-11H,2H2,1H3,(H,20,23). The van der Waals surface area contributed by atoms with E-state index in [-0.39, 0.29) is 11.4 Å². The summed E-state index contributed by atoms with van der Waals surface area (Å²) in [6.45, 7) is 2.44. The molecule has 6 nitrogen and oxygen atoms in total. The predicted octanol–water partition coefficient (Wildman–Crippen LogP) is 3.64. The fourth-order valence-corrected chi connectivity index (χ4v) is 2.68. The van der Waals surface area contributed by atoms with E-state index in [0.29, 0.717) is 29.4 Å². The first-order valence-electron chi connectivity index (χ1n) is 7.94. The van der Waals surface area contributed by atoms with Crippen LogP contribution in [0, 0.1) is 0 Å². The highest BCUT2D eigenvalue weighted by Crippen LogP contribution is 2.29. The molecule has 0 radical (unpaired) electrons. The van der Waals surface area contributed by atoms with Crippen molar-refractivity contribution in [2.24, 2.45) is 0 Å². The highest BCUT2D eigenvalue weighted by atomic mass is 16.5. The van der Waals surface area contributed by atoms with Crippen molar-refractivity contribution in [2.45, 2.75) is 6.92 Å². The third kappa shape index (κ3) is 2.78. The van der Waals surface area contributed by atoms with Gasteiger partial charge in [0.05, 0.1) is 17.7 Å². The molecule has 124 valence electrons. The predicted molar refractivity (Wildman–Crippen MR) is 94.5 cm³/mol. The number of aromatic nitrogens is 3. The van der Waals surface area contributed by atoms with E-state index in [1.54, 1.807) is 6.07 Å². The van der Waals surface area contributed by atoms with Gasteiger partial charge in [-0.1, -0.05) is 35.5 Å². The van der Waals surface area contributed by atoms with E-state index in [0.717, 1.165) is 10.9 Å². The molecule has 0 spiro atoms. The fourth-order valence-electron chi connectivity index (χ4n) is 2.68. The molecule has 0 amide bonds. The molecular formula is C19H15N3O3. The van der Waals surface area contributed by atoms with Crippen LogP contribution in [0.4, 0.5) is 0 Å². The second-order valence-corrected chi connectivity index (χ2v) is 5.45. The average molecular weight is 333 g/mol. The third-order valence-electron chi connectivity index (χ3n) is 3.84. The van der Waals surface area contributed by atoms with Crippen LogP contribution in [0.2, 0.25) is 0 Å². The SMILES string of the molecule is CCOc1ccccc1-c1nc(-c2cc3ccccc3[nH]c2=O)no1. The maximum Gasteiger partial charge on any atom is 0.262 e. The minimum atomic E-state index is -0.260. The Morgan fingerprint density at radius 3 is 2.76 bits per heavy atom. The van der Waals surface area contributed by atoms with Crippen molar-refractivity contribution in [3.63, 3.8) is 0 Å². The topological polar surface area (TPSA) is 81.0 Å². The van der Waals surface area contributed by atoms with Crippen LogP contribution in [0.25, 0.3) is 33.7 Å². The fraction of sp³-hybridized carbons (Fsp3) is 0.105. The number of fused-ring (bicyclic) bond motifs is 1. The zero-order valence-corrected chi connectivity index (χ0v) is 13.5. The van der Waals surface area contributed by atoms with Crippen molar-refractivity contribution in [3.8, 4) is 28.6 Å². The van der Waals surface area contributed by atoms with Crippen LogP contribution in [-0.4, -0.2) is 21.7 Å². The monoisotopic (exact) mass is 333 g/mol. The molecule has 0 fully saturated rings. The van der Waals surface area contributed by atoms with Crippen molar-refractivity contribution in [2.75, 3.05) is 6.61 Å². The Morgan fingerprint density at radius 1 is 1.08 bits per heavy atom. The van der Waals surface area contributed by atoms with Gasteiger partial charge in [-0.2, -0.15) is 4.98 Å². The molecule has 0 aliphatic carbocycles. The van der Waals surface area contributed by atoms with Crippen LogP contribution in [-0.2, 0) is 0 Å². The summed E-state index contributed by atoms with van der Waals surface area (Å²) in [6.07, 6.45) is 0. The van der Waals surface area contributed by atoms with Gasteiger partial charge in [0.25, 0.3) is 11.4 Å². The van der Waals surface area contributed by atoms with E-state index in [2.05, 4.69) is 15.1 Å². The average Bonchev–Trinajstić information content (AvgIpc) is 3.11. The second kappa shape index (κ2) is 6.24. The molecule has 2 aromatic carbocycles. The van der Waals surface area contributed by atoms with E-state index < -0.39 is 0 Å². The van der Waals surface area contributed by atoms with Gasteiger partial charge in [0.15, 0.2) is 0 Å². The molecule has 25 heavy (non-hydrogen) atoms. The molecule has 6 heteroatoms. The van der Waals surface area contributed by atoms with Crippen LogP contribution in [0.1, 0.15) is 6.92 Å². The van der Waals surface area contributed by atoms with Crippen LogP contribution in [0.15, 0.2) is 63.9 Å². The number of para-hydroxylation sites is 2. The zero-order chi connectivity index (χ0) is 17.2. The van der Waals surface area contributed by atoms with Gasteiger partial charge in [0.1, 0.15) is 5.75 Å². The number of hydrogen-bond donors (Lipinski definition) is 1. The number of ether oxygens (including phenoxy) is 1. The summed E-state index contributed by atoms with van der Waals surface area (Å²) < 4.78 is 11.0. The van der Waals surface area contributed by atoms with Crippen LogP contribution < -0.4 is 10.3 Å². The van der Waals surface area contributed by atoms with E-state index in [9.17, 15) is 4.79 Å². The van der Waals surface area contributed by atoms with Crippen LogP contribution in [0.5, 0.6) is 5.75 Å². The van der Waals surface area contributed by atoms with E-state index >= 15 is 0 Å². The first-order valence-corrected chi connectivity index (χ1v) is 7.94. The minimum Gasteiger partial charge on any atom is -0.493 e. The molecule has 2 heterocycles. The Kier molecular flexibility index (Phi) is 3.78. The third-order valence-corrected chi connectivity index (χ3v) is 3.84. The highest BCUT2D eigenvalue weighted by molar-refractivity contribution is 5.82. The number of benzene rings is 2. The largest absolute Gasteiger partial charge is 0.493 e. The van der Waals surface area contributed by atoms with Crippen LogP contribution >= 0.6 is 0 Å². The molecule has 0 saturated carbocycles. The van der Waals surface area contributed by atoms with Gasteiger partial charge in [0.2, 0.25) is 5.82 Å². The number of nitrogens with one attached hydrogen (secondary N) is 1. The maximum atomic E-state index is 12.3. The summed E-state index contributed by atoms with van der Waals surface area (Å²) in [5.74, 6) is 1.22. The van der Waals surface area contributed by atoms with Crippen molar-refractivity contribution >= 4 is 10.9 Å². The lowest BCUT2D eigenvalue weighted by Gasteiger charge is -2.05. The maximum absolute atomic E-state index is 12.3. The van der Waals surface area contributed by atoms with Gasteiger partial charge in [0, 0.05) is 5.52 Å². The summed E-state index contributed by atoms with van der Waals surface area (Å²) in [5, 5.41) is 4.87. The van der Waals surface area contributed by atoms with E-state index in [1.165, 1.54) is 0 Å². The molecule has 1 N–H and O–H groups in total. The summed E-state index contributed by atoms with van der Waals surface area (Å²) in [7, 11) is 0.